The van der Waals surface area contributed by atoms with Crippen LogP contribution in [0, 0.1) is 5.92 Å². The van der Waals surface area contributed by atoms with E-state index in [2.05, 4.69) is 5.32 Å². The first-order chi connectivity index (χ1) is 4.75. The van der Waals surface area contributed by atoms with E-state index in [4.69, 9.17) is 0 Å². The van der Waals surface area contributed by atoms with E-state index in [-0.39, 0.29) is 35.5 Å². The largest absolute Gasteiger partial charge is 1.00 e. The standard InChI is InChI=1S/C6H15NO3S.Na/c1-5(2)6(3,7-4)11(8,9)10;/h5,7H,1-4H3,(H,8,9,10);/q;+1/p-1. The maximum absolute atomic E-state index is 10.7. The van der Waals surface area contributed by atoms with Gasteiger partial charge in [-0.15, -0.1) is 0 Å². The van der Waals surface area contributed by atoms with E-state index in [0.717, 1.165) is 0 Å². The molecule has 0 aliphatic rings. The van der Waals surface area contributed by atoms with Crippen LogP contribution in [0.3, 0.4) is 0 Å². The summed E-state index contributed by atoms with van der Waals surface area (Å²) in [5.74, 6) is -0.241. The monoisotopic (exact) mass is 203 g/mol. The SMILES string of the molecule is CNC(C)(C(C)C)S(=O)(=O)[O-].[Na+]. The van der Waals surface area contributed by atoms with Gasteiger partial charge in [-0.3, -0.25) is 0 Å². The van der Waals surface area contributed by atoms with Crippen LogP contribution in [0.2, 0.25) is 0 Å². The summed E-state index contributed by atoms with van der Waals surface area (Å²) in [6, 6.07) is 0. The van der Waals surface area contributed by atoms with Crippen LogP contribution in [0.25, 0.3) is 0 Å². The van der Waals surface area contributed by atoms with Crippen molar-refractivity contribution in [3.8, 4) is 0 Å². The molecular formula is C6H14NNaO3S. The first-order valence-electron chi connectivity index (χ1n) is 3.40. The van der Waals surface area contributed by atoms with E-state index < -0.39 is 15.0 Å². The van der Waals surface area contributed by atoms with Crippen molar-refractivity contribution in [1.29, 1.82) is 0 Å². The molecule has 12 heavy (non-hydrogen) atoms. The first kappa shape index (κ1) is 15.3. The van der Waals surface area contributed by atoms with E-state index in [0.29, 0.717) is 0 Å². The van der Waals surface area contributed by atoms with Crippen LogP contribution in [0.5, 0.6) is 0 Å². The summed E-state index contributed by atoms with van der Waals surface area (Å²) in [5, 5.41) is 2.52. The molecule has 0 aliphatic carbocycles. The molecule has 0 saturated heterocycles. The van der Waals surface area contributed by atoms with Crippen molar-refractivity contribution in [1.82, 2.24) is 5.32 Å². The Hall–Kier alpha value is 0.870. The molecule has 1 atom stereocenters. The predicted molar refractivity (Wildman–Crippen MR) is 42.0 cm³/mol. The fraction of sp³-hybridized carbons (Fsp3) is 1.00. The van der Waals surface area contributed by atoms with Gasteiger partial charge < -0.3 is 9.87 Å². The second kappa shape index (κ2) is 4.93. The summed E-state index contributed by atoms with van der Waals surface area (Å²) in [6.45, 7) is 4.76. The molecule has 1 N–H and O–H groups in total. The van der Waals surface area contributed by atoms with E-state index in [9.17, 15) is 13.0 Å². The molecule has 0 aromatic heterocycles. The molecule has 4 nitrogen and oxygen atoms in total. The fourth-order valence-corrected chi connectivity index (χ4v) is 1.53. The predicted octanol–water partition coefficient (Wildman–Crippen LogP) is -2.87. The Kier molecular flexibility index (Phi) is 6.30. The van der Waals surface area contributed by atoms with Gasteiger partial charge in [0.25, 0.3) is 0 Å². The Labute approximate surface area is 96.2 Å². The average Bonchev–Trinajstić information content (AvgIpc) is 1.83. The maximum atomic E-state index is 10.7. The molecule has 0 aliphatic heterocycles. The summed E-state index contributed by atoms with van der Waals surface area (Å²) in [7, 11) is -2.81. The Balaban J connectivity index is 0. The number of hydrogen-bond acceptors (Lipinski definition) is 4. The summed E-state index contributed by atoms with van der Waals surface area (Å²) < 4.78 is 32.1. The quantitative estimate of drug-likeness (QED) is 0.395. The Bertz CT molecular complexity index is 227. The van der Waals surface area contributed by atoms with Gasteiger partial charge in [0.1, 0.15) is 15.0 Å². The van der Waals surface area contributed by atoms with Crippen LogP contribution in [-0.4, -0.2) is 24.9 Å². The summed E-state index contributed by atoms with van der Waals surface area (Å²) >= 11 is 0. The molecule has 0 spiro atoms. The maximum Gasteiger partial charge on any atom is 1.00 e. The van der Waals surface area contributed by atoms with Gasteiger partial charge in [0.05, 0.1) is 0 Å². The smallest absolute Gasteiger partial charge is 0.747 e. The molecular weight excluding hydrogens is 189 g/mol. The molecule has 68 valence electrons. The van der Waals surface area contributed by atoms with Crippen molar-refractivity contribution in [3.05, 3.63) is 0 Å². The van der Waals surface area contributed by atoms with Gasteiger partial charge in [0, 0.05) is 0 Å². The van der Waals surface area contributed by atoms with Gasteiger partial charge in [-0.25, -0.2) is 8.42 Å². The van der Waals surface area contributed by atoms with E-state index >= 15 is 0 Å². The zero-order valence-electron chi connectivity index (χ0n) is 8.21. The van der Waals surface area contributed by atoms with Crippen LogP contribution in [0.4, 0.5) is 0 Å². The summed E-state index contributed by atoms with van der Waals surface area (Å²) in [5.41, 5.74) is 0. The minimum Gasteiger partial charge on any atom is -0.747 e. The molecule has 0 bridgehead atoms. The second-order valence-corrected chi connectivity index (χ2v) is 4.72. The Morgan fingerprint density at radius 3 is 1.75 bits per heavy atom. The van der Waals surface area contributed by atoms with Gasteiger partial charge in [-0.2, -0.15) is 0 Å². The minimum absolute atomic E-state index is 0. The Morgan fingerprint density at radius 1 is 1.42 bits per heavy atom. The molecule has 0 fully saturated rings. The zero-order valence-corrected chi connectivity index (χ0v) is 11.0. The van der Waals surface area contributed by atoms with Crippen molar-refractivity contribution in [2.75, 3.05) is 7.05 Å². The van der Waals surface area contributed by atoms with Crippen molar-refractivity contribution < 1.29 is 42.5 Å². The van der Waals surface area contributed by atoms with Crippen LogP contribution in [-0.2, 0) is 10.1 Å². The molecule has 0 aromatic carbocycles. The van der Waals surface area contributed by atoms with E-state index in [1.54, 1.807) is 13.8 Å². The number of nitrogens with one attached hydrogen (secondary N) is 1. The van der Waals surface area contributed by atoms with Gasteiger partial charge in [-0.05, 0) is 19.9 Å². The molecule has 1 unspecified atom stereocenters. The van der Waals surface area contributed by atoms with Crippen molar-refractivity contribution >= 4 is 10.1 Å². The van der Waals surface area contributed by atoms with Gasteiger partial charge in [0.2, 0.25) is 0 Å². The second-order valence-electron chi connectivity index (χ2n) is 2.97. The summed E-state index contributed by atoms with van der Waals surface area (Å²) in [4.78, 5) is -1.35. The minimum atomic E-state index is -4.27. The van der Waals surface area contributed by atoms with Crippen LogP contribution in [0.1, 0.15) is 20.8 Å². The molecule has 0 heterocycles. The van der Waals surface area contributed by atoms with Crippen molar-refractivity contribution in [3.63, 3.8) is 0 Å². The first-order valence-corrected chi connectivity index (χ1v) is 4.81. The molecule has 6 heteroatoms. The fourth-order valence-electron chi connectivity index (χ4n) is 0.702. The van der Waals surface area contributed by atoms with Crippen molar-refractivity contribution in [2.45, 2.75) is 25.6 Å². The molecule has 0 saturated carbocycles. The van der Waals surface area contributed by atoms with Crippen molar-refractivity contribution in [2.24, 2.45) is 5.92 Å². The molecule has 0 aromatic rings. The summed E-state index contributed by atoms with van der Waals surface area (Å²) in [6.07, 6.45) is 0. The average molecular weight is 203 g/mol. The zero-order chi connectivity index (χ0) is 9.28. The third-order valence-corrected chi connectivity index (χ3v) is 3.83. The topological polar surface area (TPSA) is 69.2 Å². The number of rotatable bonds is 3. The van der Waals surface area contributed by atoms with Crippen LogP contribution < -0.4 is 34.9 Å². The van der Waals surface area contributed by atoms with Gasteiger partial charge >= 0.3 is 29.6 Å². The Morgan fingerprint density at radius 2 is 1.75 bits per heavy atom. The van der Waals surface area contributed by atoms with Gasteiger partial charge in [-0.1, -0.05) is 13.8 Å². The van der Waals surface area contributed by atoms with Crippen LogP contribution >= 0.6 is 0 Å². The number of hydrogen-bond donors (Lipinski definition) is 1. The van der Waals surface area contributed by atoms with E-state index in [1.807, 2.05) is 0 Å². The molecule has 0 radical (unpaired) electrons. The molecule has 0 amide bonds. The normalized spacial score (nSPS) is 16.8. The van der Waals surface area contributed by atoms with E-state index in [1.165, 1.54) is 14.0 Å². The molecule has 0 rings (SSSR count). The van der Waals surface area contributed by atoms with Crippen LogP contribution in [0.15, 0.2) is 0 Å². The third-order valence-electron chi connectivity index (χ3n) is 2.12. The van der Waals surface area contributed by atoms with Gasteiger partial charge in [0.15, 0.2) is 0 Å². The third kappa shape index (κ3) is 2.97.